The molecule has 0 aromatic heterocycles. The van der Waals surface area contributed by atoms with E-state index in [-0.39, 0.29) is 25.7 Å². The van der Waals surface area contributed by atoms with E-state index in [1.165, 1.54) is 5.56 Å². The van der Waals surface area contributed by atoms with Crippen LogP contribution in [0.25, 0.3) is 0 Å². The van der Waals surface area contributed by atoms with Crippen molar-refractivity contribution in [1.29, 1.82) is 0 Å². The minimum atomic E-state index is -0.0306. The monoisotopic (exact) mass is 349 g/mol. The molecule has 0 radical (unpaired) electrons. The first-order valence-electron chi connectivity index (χ1n) is 6.31. The molecule has 0 N–H and O–H groups in total. The Balaban J connectivity index is 1.89. The summed E-state index contributed by atoms with van der Waals surface area (Å²) in [6.45, 7) is 0. The summed E-state index contributed by atoms with van der Waals surface area (Å²) >= 11 is 6.07. The van der Waals surface area contributed by atoms with Crippen LogP contribution in [0.2, 0.25) is 5.02 Å². The van der Waals surface area contributed by atoms with Crippen molar-refractivity contribution in [2.45, 2.75) is 11.2 Å². The van der Waals surface area contributed by atoms with Gasteiger partial charge in [-0.05, 0) is 0 Å². The van der Waals surface area contributed by atoms with Crippen LogP contribution in [0.5, 0.6) is 0 Å². The first-order chi connectivity index (χ1) is 9.72. The molecule has 0 saturated carbocycles. The third-order valence-electron chi connectivity index (χ3n) is 3.10. The standard InChI is InChI=1S/C16H12ClNOSe/c17-13-8-6-11(7-9-13)14-10-15(19)18-16(20-14)12-4-2-1-3-5-12/h1-9,14H,10H2/t14-/m1/s1. The van der Waals surface area contributed by atoms with Crippen LogP contribution in [-0.2, 0) is 4.79 Å². The maximum absolute atomic E-state index is 11.9. The van der Waals surface area contributed by atoms with E-state index < -0.39 is 0 Å². The Kier molecular flexibility index (Phi) is 4.02. The zero-order valence-corrected chi connectivity index (χ0v) is 13.1. The molecule has 1 aliphatic heterocycles. The van der Waals surface area contributed by atoms with E-state index in [4.69, 9.17) is 11.6 Å². The predicted octanol–water partition coefficient (Wildman–Crippen LogP) is 3.46. The van der Waals surface area contributed by atoms with E-state index >= 15 is 0 Å². The summed E-state index contributed by atoms with van der Waals surface area (Å²) < 4.78 is 0.939. The molecule has 0 fully saturated rings. The van der Waals surface area contributed by atoms with Gasteiger partial charge in [0.05, 0.1) is 0 Å². The van der Waals surface area contributed by atoms with Crippen LogP contribution in [0, 0.1) is 0 Å². The average molecular weight is 349 g/mol. The Morgan fingerprint density at radius 1 is 1.05 bits per heavy atom. The van der Waals surface area contributed by atoms with E-state index in [0.717, 1.165) is 15.2 Å². The number of rotatable bonds is 2. The number of benzene rings is 2. The van der Waals surface area contributed by atoms with Gasteiger partial charge in [-0.1, -0.05) is 0 Å². The second-order valence-corrected chi connectivity index (χ2v) is 7.48. The SMILES string of the molecule is O=C1C[C@H](c2ccc(Cl)cc2)[Se]C(c2ccccc2)=N1. The zero-order valence-electron chi connectivity index (χ0n) is 10.6. The van der Waals surface area contributed by atoms with Gasteiger partial charge in [-0.25, -0.2) is 0 Å². The van der Waals surface area contributed by atoms with Crippen molar-refractivity contribution in [1.82, 2.24) is 0 Å². The molecular formula is C16H12ClNOSe. The molecule has 0 saturated heterocycles. The molecule has 2 nitrogen and oxygen atoms in total. The van der Waals surface area contributed by atoms with E-state index in [0.29, 0.717) is 6.42 Å². The predicted molar refractivity (Wildman–Crippen MR) is 82.6 cm³/mol. The van der Waals surface area contributed by atoms with Crippen molar-refractivity contribution in [2.24, 2.45) is 4.99 Å². The second-order valence-electron chi connectivity index (χ2n) is 4.54. The van der Waals surface area contributed by atoms with Gasteiger partial charge in [-0.3, -0.25) is 0 Å². The van der Waals surface area contributed by atoms with Gasteiger partial charge in [0.25, 0.3) is 0 Å². The number of hydrogen-bond acceptors (Lipinski definition) is 1. The summed E-state index contributed by atoms with van der Waals surface area (Å²) in [6.07, 6.45) is 0.498. The topological polar surface area (TPSA) is 29.4 Å². The molecule has 100 valence electrons. The van der Waals surface area contributed by atoms with Crippen LogP contribution in [0.15, 0.2) is 59.6 Å². The first kappa shape index (κ1) is 13.6. The van der Waals surface area contributed by atoms with Crippen molar-refractivity contribution in [2.75, 3.05) is 0 Å². The molecule has 1 aliphatic rings. The molecule has 4 heteroatoms. The number of hydrogen-bond donors (Lipinski definition) is 0. The first-order valence-corrected chi connectivity index (χ1v) is 8.54. The molecule has 1 amide bonds. The molecule has 1 heterocycles. The van der Waals surface area contributed by atoms with Crippen LogP contribution >= 0.6 is 11.6 Å². The summed E-state index contributed by atoms with van der Waals surface area (Å²) in [4.78, 5) is 16.4. The number of carbonyl (C=O) groups is 1. The summed E-state index contributed by atoms with van der Waals surface area (Å²) in [7, 11) is 0. The van der Waals surface area contributed by atoms with Gasteiger partial charge in [-0.15, -0.1) is 0 Å². The van der Waals surface area contributed by atoms with Gasteiger partial charge in [0.2, 0.25) is 0 Å². The number of halogens is 1. The fourth-order valence-electron chi connectivity index (χ4n) is 2.10. The van der Waals surface area contributed by atoms with E-state index in [9.17, 15) is 4.79 Å². The van der Waals surface area contributed by atoms with Gasteiger partial charge >= 0.3 is 129 Å². The third kappa shape index (κ3) is 3.01. The van der Waals surface area contributed by atoms with Crippen LogP contribution < -0.4 is 0 Å². The molecule has 1 atom stereocenters. The third-order valence-corrected chi connectivity index (χ3v) is 6.03. The molecule has 0 unspecified atom stereocenters. The van der Waals surface area contributed by atoms with Crippen LogP contribution in [-0.4, -0.2) is 25.5 Å². The normalized spacial score (nSPS) is 18.8. The van der Waals surface area contributed by atoms with Crippen molar-refractivity contribution in [3.05, 3.63) is 70.7 Å². The summed E-state index contributed by atoms with van der Waals surface area (Å²) in [5.74, 6) is -0.0306. The van der Waals surface area contributed by atoms with Crippen molar-refractivity contribution in [3.63, 3.8) is 0 Å². The maximum atomic E-state index is 11.9. The Bertz CT molecular complexity index is 652. The molecule has 0 spiro atoms. The number of amides is 1. The Morgan fingerprint density at radius 3 is 2.45 bits per heavy atom. The van der Waals surface area contributed by atoms with Crippen LogP contribution in [0.4, 0.5) is 0 Å². The van der Waals surface area contributed by atoms with E-state index in [2.05, 4.69) is 4.99 Å². The van der Waals surface area contributed by atoms with Crippen molar-refractivity contribution < 1.29 is 4.79 Å². The number of aliphatic imine (C=N–C) groups is 1. The average Bonchev–Trinajstić information content (AvgIpc) is 2.48. The molecule has 2 aromatic rings. The van der Waals surface area contributed by atoms with Gasteiger partial charge in [0.1, 0.15) is 0 Å². The Morgan fingerprint density at radius 2 is 1.75 bits per heavy atom. The van der Waals surface area contributed by atoms with E-state index in [1.54, 1.807) is 0 Å². The van der Waals surface area contributed by atoms with E-state index in [1.807, 2.05) is 54.6 Å². The van der Waals surface area contributed by atoms with Gasteiger partial charge in [-0.2, -0.15) is 0 Å². The molecule has 3 rings (SSSR count). The molecular weight excluding hydrogens is 337 g/mol. The fraction of sp³-hybridized carbons (Fsp3) is 0.125. The van der Waals surface area contributed by atoms with Crippen molar-refractivity contribution >= 4 is 37.1 Å². The van der Waals surface area contributed by atoms with Gasteiger partial charge in [0.15, 0.2) is 0 Å². The molecule has 0 aliphatic carbocycles. The summed E-state index contributed by atoms with van der Waals surface area (Å²) in [5.41, 5.74) is 2.23. The van der Waals surface area contributed by atoms with Gasteiger partial charge in [0, 0.05) is 0 Å². The molecule has 0 bridgehead atoms. The van der Waals surface area contributed by atoms with Crippen LogP contribution in [0.3, 0.4) is 0 Å². The Labute approximate surface area is 129 Å². The zero-order chi connectivity index (χ0) is 13.9. The fourth-order valence-corrected chi connectivity index (χ4v) is 4.77. The second kappa shape index (κ2) is 5.92. The Hall–Kier alpha value is -1.41. The molecule has 20 heavy (non-hydrogen) atoms. The molecule has 2 aromatic carbocycles. The number of carbonyl (C=O) groups excluding carboxylic acids is 1. The quantitative estimate of drug-likeness (QED) is 0.764. The minimum absolute atomic E-state index is 0.0306. The summed E-state index contributed by atoms with van der Waals surface area (Å²) in [6, 6.07) is 17.7. The number of nitrogens with zero attached hydrogens (tertiary/aromatic N) is 1. The van der Waals surface area contributed by atoms with Gasteiger partial charge < -0.3 is 0 Å². The van der Waals surface area contributed by atoms with Crippen LogP contribution in [0.1, 0.15) is 22.4 Å². The van der Waals surface area contributed by atoms with Crippen molar-refractivity contribution in [3.8, 4) is 0 Å². The summed E-state index contributed by atoms with van der Waals surface area (Å²) in [5, 5.41) is 0.723.